The number of hydrogen-bond donors (Lipinski definition) is 2. The van der Waals surface area contributed by atoms with E-state index in [0.717, 1.165) is 19.4 Å². The molecule has 112 valence electrons. The van der Waals surface area contributed by atoms with Crippen LogP contribution in [-0.4, -0.2) is 32.1 Å². The molecule has 0 fully saturated rings. The third-order valence-corrected chi connectivity index (χ3v) is 3.73. The fourth-order valence-electron chi connectivity index (χ4n) is 1.97. The molecular weight excluding hydrogens is 250 g/mol. The van der Waals surface area contributed by atoms with Gasteiger partial charge in [0.25, 0.3) is 0 Å². The van der Waals surface area contributed by atoms with Gasteiger partial charge in [-0.2, -0.15) is 0 Å². The number of para-hydroxylation sites is 1. The number of benzene rings is 1. The number of nitrogens with one attached hydrogen (secondary N) is 1. The summed E-state index contributed by atoms with van der Waals surface area (Å²) in [5.41, 5.74) is 7.07. The van der Waals surface area contributed by atoms with Crippen molar-refractivity contribution >= 4 is 11.6 Å². The molecule has 4 nitrogen and oxygen atoms in total. The van der Waals surface area contributed by atoms with Gasteiger partial charge in [-0.25, -0.2) is 0 Å². The first kappa shape index (κ1) is 16.5. The van der Waals surface area contributed by atoms with Crippen LogP contribution in [0.15, 0.2) is 30.3 Å². The molecular formula is C16H27N3O. The zero-order valence-electron chi connectivity index (χ0n) is 12.8. The van der Waals surface area contributed by atoms with Crippen molar-refractivity contribution < 1.29 is 4.79 Å². The second-order valence-electron chi connectivity index (χ2n) is 5.31. The monoisotopic (exact) mass is 277 g/mol. The Kier molecular flexibility index (Phi) is 7.09. The SMILES string of the molecule is CCC(C)C(N)C(=O)NCCCN(C)c1ccccc1. The second-order valence-corrected chi connectivity index (χ2v) is 5.31. The minimum absolute atomic E-state index is 0.0401. The average Bonchev–Trinajstić information content (AvgIpc) is 2.50. The summed E-state index contributed by atoms with van der Waals surface area (Å²) in [4.78, 5) is 14.0. The topological polar surface area (TPSA) is 58.4 Å². The van der Waals surface area contributed by atoms with Crippen molar-refractivity contribution in [3.05, 3.63) is 30.3 Å². The van der Waals surface area contributed by atoms with E-state index in [2.05, 4.69) is 29.4 Å². The minimum Gasteiger partial charge on any atom is -0.375 e. The number of amides is 1. The molecule has 4 heteroatoms. The molecule has 0 aliphatic carbocycles. The zero-order chi connectivity index (χ0) is 15.0. The average molecular weight is 277 g/mol. The van der Waals surface area contributed by atoms with Crippen LogP contribution in [0.3, 0.4) is 0 Å². The summed E-state index contributed by atoms with van der Waals surface area (Å²) in [6.45, 7) is 5.63. The van der Waals surface area contributed by atoms with E-state index >= 15 is 0 Å². The van der Waals surface area contributed by atoms with Gasteiger partial charge in [0, 0.05) is 25.8 Å². The molecule has 0 saturated carbocycles. The molecule has 3 N–H and O–H groups in total. The van der Waals surface area contributed by atoms with Gasteiger partial charge in [-0.1, -0.05) is 38.5 Å². The molecule has 0 aliphatic heterocycles. The maximum Gasteiger partial charge on any atom is 0.237 e. The molecule has 0 bridgehead atoms. The molecule has 0 radical (unpaired) electrons. The first-order valence-corrected chi connectivity index (χ1v) is 7.35. The van der Waals surface area contributed by atoms with Crippen molar-refractivity contribution in [2.75, 3.05) is 25.0 Å². The number of rotatable bonds is 8. The van der Waals surface area contributed by atoms with Gasteiger partial charge in [-0.3, -0.25) is 4.79 Å². The largest absolute Gasteiger partial charge is 0.375 e. The molecule has 1 aromatic carbocycles. The number of carbonyl (C=O) groups excluding carboxylic acids is 1. The Morgan fingerprint density at radius 1 is 1.35 bits per heavy atom. The number of nitrogens with zero attached hydrogens (tertiary/aromatic N) is 1. The summed E-state index contributed by atoms with van der Waals surface area (Å²) in [5.74, 6) is 0.184. The lowest BCUT2D eigenvalue weighted by Gasteiger charge is -2.20. The highest BCUT2D eigenvalue weighted by Crippen LogP contribution is 2.10. The van der Waals surface area contributed by atoms with Crippen LogP contribution >= 0.6 is 0 Å². The summed E-state index contributed by atoms with van der Waals surface area (Å²) >= 11 is 0. The highest BCUT2D eigenvalue weighted by atomic mass is 16.2. The molecule has 1 amide bonds. The van der Waals surface area contributed by atoms with E-state index in [4.69, 9.17) is 5.73 Å². The molecule has 0 aliphatic rings. The van der Waals surface area contributed by atoms with E-state index in [0.29, 0.717) is 6.54 Å². The van der Waals surface area contributed by atoms with Crippen LogP contribution in [0, 0.1) is 5.92 Å². The molecule has 0 saturated heterocycles. The minimum atomic E-state index is -0.396. The summed E-state index contributed by atoms with van der Waals surface area (Å²) in [6.07, 6.45) is 1.83. The number of carbonyl (C=O) groups is 1. The Morgan fingerprint density at radius 3 is 2.60 bits per heavy atom. The van der Waals surface area contributed by atoms with Crippen LogP contribution < -0.4 is 16.0 Å². The van der Waals surface area contributed by atoms with Crippen LogP contribution in [0.4, 0.5) is 5.69 Å². The van der Waals surface area contributed by atoms with E-state index in [9.17, 15) is 4.79 Å². The van der Waals surface area contributed by atoms with Gasteiger partial charge in [0.05, 0.1) is 6.04 Å². The maximum absolute atomic E-state index is 11.8. The van der Waals surface area contributed by atoms with Crippen molar-refractivity contribution in [1.29, 1.82) is 0 Å². The van der Waals surface area contributed by atoms with Gasteiger partial charge >= 0.3 is 0 Å². The lowest BCUT2D eigenvalue weighted by molar-refractivity contribution is -0.123. The molecule has 0 aromatic heterocycles. The quantitative estimate of drug-likeness (QED) is 0.715. The highest BCUT2D eigenvalue weighted by Gasteiger charge is 2.18. The lowest BCUT2D eigenvalue weighted by Crippen LogP contribution is -2.45. The summed E-state index contributed by atoms with van der Waals surface area (Å²) < 4.78 is 0. The first-order valence-electron chi connectivity index (χ1n) is 7.35. The van der Waals surface area contributed by atoms with Gasteiger partial charge in [0.2, 0.25) is 5.91 Å². The van der Waals surface area contributed by atoms with Crippen molar-refractivity contribution in [3.8, 4) is 0 Å². The van der Waals surface area contributed by atoms with Gasteiger partial charge < -0.3 is 16.0 Å². The van der Waals surface area contributed by atoms with Crippen LogP contribution in [0.5, 0.6) is 0 Å². The highest BCUT2D eigenvalue weighted by molar-refractivity contribution is 5.81. The van der Waals surface area contributed by atoms with E-state index in [-0.39, 0.29) is 11.8 Å². The second kappa shape index (κ2) is 8.59. The number of hydrogen-bond acceptors (Lipinski definition) is 3. The normalized spacial score (nSPS) is 13.6. The number of nitrogens with two attached hydrogens (primary N) is 1. The van der Waals surface area contributed by atoms with E-state index in [1.165, 1.54) is 5.69 Å². The van der Waals surface area contributed by atoms with Gasteiger partial charge in [0.1, 0.15) is 0 Å². The first-order chi connectivity index (χ1) is 9.56. The third-order valence-electron chi connectivity index (χ3n) is 3.73. The predicted molar refractivity (Wildman–Crippen MR) is 84.8 cm³/mol. The number of anilines is 1. The Balaban J connectivity index is 2.23. The summed E-state index contributed by atoms with van der Waals surface area (Å²) in [7, 11) is 2.06. The Hall–Kier alpha value is -1.55. The van der Waals surface area contributed by atoms with E-state index in [1.54, 1.807) is 0 Å². The molecule has 0 heterocycles. The van der Waals surface area contributed by atoms with Crippen LogP contribution in [0.25, 0.3) is 0 Å². The molecule has 1 rings (SSSR count). The fraction of sp³-hybridized carbons (Fsp3) is 0.562. The fourth-order valence-corrected chi connectivity index (χ4v) is 1.97. The Bertz CT molecular complexity index is 394. The summed E-state index contributed by atoms with van der Waals surface area (Å²) in [5, 5.41) is 2.91. The zero-order valence-corrected chi connectivity index (χ0v) is 12.8. The van der Waals surface area contributed by atoms with E-state index < -0.39 is 6.04 Å². The van der Waals surface area contributed by atoms with Gasteiger partial charge in [-0.15, -0.1) is 0 Å². The maximum atomic E-state index is 11.8. The molecule has 2 unspecified atom stereocenters. The van der Waals surface area contributed by atoms with E-state index in [1.807, 2.05) is 32.0 Å². The smallest absolute Gasteiger partial charge is 0.237 e. The van der Waals surface area contributed by atoms with Crippen LogP contribution in [0.2, 0.25) is 0 Å². The van der Waals surface area contributed by atoms with Crippen molar-refractivity contribution in [1.82, 2.24) is 5.32 Å². The molecule has 0 spiro atoms. The lowest BCUT2D eigenvalue weighted by atomic mass is 9.99. The van der Waals surface area contributed by atoms with Crippen LogP contribution in [0.1, 0.15) is 26.7 Å². The molecule has 20 heavy (non-hydrogen) atoms. The van der Waals surface area contributed by atoms with Crippen LogP contribution in [-0.2, 0) is 4.79 Å². The predicted octanol–water partition coefficient (Wildman–Crippen LogP) is 2.00. The van der Waals surface area contributed by atoms with Gasteiger partial charge in [-0.05, 0) is 24.5 Å². The third kappa shape index (κ3) is 5.21. The Morgan fingerprint density at radius 2 is 2.00 bits per heavy atom. The van der Waals surface area contributed by atoms with Gasteiger partial charge in [0.15, 0.2) is 0 Å². The van der Waals surface area contributed by atoms with Crippen molar-refractivity contribution in [2.45, 2.75) is 32.7 Å². The Labute approximate surface area is 122 Å². The van der Waals surface area contributed by atoms with Crippen molar-refractivity contribution in [3.63, 3.8) is 0 Å². The molecule has 2 atom stereocenters. The van der Waals surface area contributed by atoms with Crippen molar-refractivity contribution in [2.24, 2.45) is 11.7 Å². The summed E-state index contributed by atoms with van der Waals surface area (Å²) in [6, 6.07) is 9.83. The standard InChI is InChI=1S/C16H27N3O/c1-4-13(2)15(17)16(20)18-11-8-12-19(3)14-9-6-5-7-10-14/h5-7,9-10,13,15H,4,8,11-12,17H2,1-3H3,(H,18,20). The molecule has 1 aromatic rings.